The monoisotopic (exact) mass is 391 g/mol. The summed E-state index contributed by atoms with van der Waals surface area (Å²) in [7, 11) is -3.21. The van der Waals surface area contributed by atoms with Crippen LogP contribution in [-0.2, 0) is 19.8 Å². The minimum atomic E-state index is -3.21. The molecule has 138 valence electrons. The highest BCUT2D eigenvalue weighted by Crippen LogP contribution is 2.51. The first-order chi connectivity index (χ1) is 12.6. The molecule has 1 N–H and O–H groups in total. The van der Waals surface area contributed by atoms with Crippen LogP contribution in [0.4, 0.5) is 0 Å². The molecular formula is C19H22NO4PS. The van der Waals surface area contributed by atoms with Gasteiger partial charge in [-0.2, -0.15) is 0 Å². The molecule has 0 bridgehead atoms. The van der Waals surface area contributed by atoms with E-state index in [0.29, 0.717) is 13.0 Å². The van der Waals surface area contributed by atoms with Crippen molar-refractivity contribution >= 4 is 29.1 Å². The van der Waals surface area contributed by atoms with Crippen molar-refractivity contribution in [2.24, 2.45) is 0 Å². The Bertz CT molecular complexity index is 861. The average Bonchev–Trinajstić information content (AvgIpc) is 3.07. The molecule has 3 aromatic rings. The number of thiazole rings is 1. The van der Waals surface area contributed by atoms with Gasteiger partial charge in [-0.05, 0) is 31.0 Å². The van der Waals surface area contributed by atoms with Crippen molar-refractivity contribution in [3.8, 4) is 10.6 Å². The summed E-state index contributed by atoms with van der Waals surface area (Å²) in [5, 5.41) is 9.82. The lowest BCUT2D eigenvalue weighted by Gasteiger charge is -2.17. The van der Waals surface area contributed by atoms with E-state index in [1.54, 1.807) is 18.3 Å². The number of aliphatic hydroxyl groups excluding tert-OH is 1. The first-order valence-electron chi connectivity index (χ1n) is 8.57. The second kappa shape index (κ2) is 8.89. The number of rotatable bonds is 9. The van der Waals surface area contributed by atoms with Crippen LogP contribution in [0, 0.1) is 0 Å². The van der Waals surface area contributed by atoms with Gasteiger partial charge in [0.15, 0.2) is 0 Å². The summed E-state index contributed by atoms with van der Waals surface area (Å²) in [6.07, 6.45) is 0.653. The molecule has 0 radical (unpaired) electrons. The Kier molecular flexibility index (Phi) is 6.57. The second-order valence-electron chi connectivity index (χ2n) is 5.78. The van der Waals surface area contributed by atoms with Gasteiger partial charge in [0.05, 0.1) is 29.6 Å². The third kappa shape index (κ3) is 4.78. The van der Waals surface area contributed by atoms with Crippen LogP contribution in [0.5, 0.6) is 0 Å². The standard InChI is InChI=1S/C19H22NO4PS/c1-2-23-25(22,24-13-5-12-21)14-15-8-10-16(11-9-15)19-20-17-6-3-4-7-18(17)26-19/h3-4,6-11,21H,2,5,12-14H2,1H3. The molecule has 0 amide bonds. The van der Waals surface area contributed by atoms with Crippen LogP contribution in [0.1, 0.15) is 18.9 Å². The highest BCUT2D eigenvalue weighted by Gasteiger charge is 2.24. The van der Waals surface area contributed by atoms with Crippen LogP contribution >= 0.6 is 18.9 Å². The number of para-hydroxylation sites is 1. The predicted molar refractivity (Wildman–Crippen MR) is 106 cm³/mol. The molecule has 0 aliphatic heterocycles. The van der Waals surface area contributed by atoms with Gasteiger partial charge in [-0.25, -0.2) is 4.98 Å². The average molecular weight is 391 g/mol. The molecule has 1 aromatic heterocycles. The number of fused-ring (bicyclic) bond motifs is 1. The Labute approximate surface area is 157 Å². The molecule has 2 aromatic carbocycles. The van der Waals surface area contributed by atoms with E-state index in [1.165, 1.54) is 0 Å². The fourth-order valence-corrected chi connectivity index (χ4v) is 5.25. The molecule has 3 rings (SSSR count). The fourth-order valence-electron chi connectivity index (χ4n) is 2.57. The lowest BCUT2D eigenvalue weighted by Crippen LogP contribution is -2.02. The van der Waals surface area contributed by atoms with E-state index in [1.807, 2.05) is 42.5 Å². The van der Waals surface area contributed by atoms with E-state index in [9.17, 15) is 4.57 Å². The summed E-state index contributed by atoms with van der Waals surface area (Å²) in [6.45, 7) is 2.33. The molecule has 1 heterocycles. The lowest BCUT2D eigenvalue weighted by atomic mass is 10.2. The number of nitrogens with zero attached hydrogens (tertiary/aromatic N) is 1. The van der Waals surface area contributed by atoms with E-state index in [-0.39, 0.29) is 19.4 Å². The predicted octanol–water partition coefficient (Wildman–Crippen LogP) is 5.09. The van der Waals surface area contributed by atoms with Crippen molar-refractivity contribution in [1.29, 1.82) is 0 Å². The molecule has 5 nitrogen and oxygen atoms in total. The van der Waals surface area contributed by atoms with Crippen molar-refractivity contribution in [2.45, 2.75) is 19.5 Å². The highest BCUT2D eigenvalue weighted by molar-refractivity contribution is 7.53. The summed E-state index contributed by atoms with van der Waals surface area (Å²) in [4.78, 5) is 4.66. The van der Waals surface area contributed by atoms with Crippen LogP contribution in [0.3, 0.4) is 0 Å². The lowest BCUT2D eigenvalue weighted by molar-refractivity contribution is 0.188. The largest absolute Gasteiger partial charge is 0.396 e. The van der Waals surface area contributed by atoms with Crippen LogP contribution < -0.4 is 0 Å². The van der Waals surface area contributed by atoms with E-state index < -0.39 is 7.60 Å². The zero-order chi connectivity index (χ0) is 18.4. The van der Waals surface area contributed by atoms with Crippen molar-refractivity contribution < 1.29 is 18.7 Å². The maximum Gasteiger partial charge on any atom is 0.335 e. The van der Waals surface area contributed by atoms with E-state index in [0.717, 1.165) is 26.4 Å². The topological polar surface area (TPSA) is 68.7 Å². The minimum absolute atomic E-state index is 0.00297. The Morgan fingerprint density at radius 1 is 1.12 bits per heavy atom. The van der Waals surface area contributed by atoms with Crippen LogP contribution in [0.25, 0.3) is 20.8 Å². The Morgan fingerprint density at radius 2 is 1.88 bits per heavy atom. The van der Waals surface area contributed by atoms with E-state index in [4.69, 9.17) is 14.2 Å². The van der Waals surface area contributed by atoms with Crippen molar-refractivity contribution in [2.75, 3.05) is 19.8 Å². The second-order valence-corrected chi connectivity index (χ2v) is 8.87. The summed E-state index contributed by atoms with van der Waals surface area (Å²) in [6, 6.07) is 15.9. The van der Waals surface area contributed by atoms with Gasteiger partial charge in [0.25, 0.3) is 0 Å². The third-order valence-electron chi connectivity index (χ3n) is 3.79. The molecule has 0 aliphatic rings. The van der Waals surface area contributed by atoms with Gasteiger partial charge >= 0.3 is 7.60 Å². The highest BCUT2D eigenvalue weighted by atomic mass is 32.1. The normalized spacial score (nSPS) is 13.8. The number of aliphatic hydroxyl groups is 1. The Hall–Kier alpha value is -1.56. The third-order valence-corrected chi connectivity index (χ3v) is 6.85. The molecule has 0 spiro atoms. The molecule has 1 atom stereocenters. The maximum absolute atomic E-state index is 12.8. The first kappa shape index (κ1) is 19.2. The molecular weight excluding hydrogens is 369 g/mol. The van der Waals surface area contributed by atoms with Crippen molar-refractivity contribution in [3.05, 3.63) is 54.1 Å². The summed E-state index contributed by atoms with van der Waals surface area (Å²) in [5.74, 6) is 0. The van der Waals surface area contributed by atoms with Gasteiger partial charge in [0.1, 0.15) is 5.01 Å². The van der Waals surface area contributed by atoms with Gasteiger partial charge in [0.2, 0.25) is 0 Å². The molecule has 7 heteroatoms. The zero-order valence-corrected chi connectivity index (χ0v) is 16.3. The Balaban J connectivity index is 1.74. The van der Waals surface area contributed by atoms with Gasteiger partial charge in [-0.1, -0.05) is 36.4 Å². The van der Waals surface area contributed by atoms with Crippen LogP contribution in [0.2, 0.25) is 0 Å². The molecule has 0 saturated carbocycles. The summed E-state index contributed by atoms with van der Waals surface area (Å²) in [5.41, 5.74) is 2.91. The molecule has 1 unspecified atom stereocenters. The van der Waals surface area contributed by atoms with Crippen molar-refractivity contribution in [3.63, 3.8) is 0 Å². The Morgan fingerprint density at radius 3 is 2.58 bits per heavy atom. The number of hydrogen-bond acceptors (Lipinski definition) is 6. The maximum atomic E-state index is 12.8. The van der Waals surface area contributed by atoms with E-state index >= 15 is 0 Å². The van der Waals surface area contributed by atoms with Gasteiger partial charge in [-0.3, -0.25) is 4.57 Å². The number of aromatic nitrogens is 1. The number of benzene rings is 2. The minimum Gasteiger partial charge on any atom is -0.396 e. The zero-order valence-electron chi connectivity index (χ0n) is 14.6. The summed E-state index contributed by atoms with van der Waals surface area (Å²) < 4.78 is 24.8. The molecule has 0 fully saturated rings. The number of hydrogen-bond donors (Lipinski definition) is 1. The van der Waals surface area contributed by atoms with Crippen LogP contribution in [-0.4, -0.2) is 29.9 Å². The van der Waals surface area contributed by atoms with Crippen LogP contribution in [0.15, 0.2) is 48.5 Å². The smallest absolute Gasteiger partial charge is 0.335 e. The van der Waals surface area contributed by atoms with E-state index in [2.05, 4.69) is 11.1 Å². The SMILES string of the molecule is CCOP(=O)(Cc1ccc(-c2nc3ccccc3s2)cc1)OCCCO. The van der Waals surface area contributed by atoms with Crippen molar-refractivity contribution in [1.82, 2.24) is 4.98 Å². The molecule has 26 heavy (non-hydrogen) atoms. The molecule has 0 saturated heterocycles. The first-order valence-corrected chi connectivity index (χ1v) is 11.1. The quantitative estimate of drug-likeness (QED) is 0.406. The fraction of sp³-hybridized carbons (Fsp3) is 0.316. The van der Waals surface area contributed by atoms with Gasteiger partial charge < -0.3 is 14.2 Å². The van der Waals surface area contributed by atoms with Gasteiger partial charge in [0, 0.05) is 12.2 Å². The van der Waals surface area contributed by atoms with Gasteiger partial charge in [-0.15, -0.1) is 11.3 Å². The summed E-state index contributed by atoms with van der Waals surface area (Å²) >= 11 is 1.65. The molecule has 0 aliphatic carbocycles.